The molecule has 0 unspecified atom stereocenters. The number of fused-ring (bicyclic) bond motifs is 1. The van der Waals surface area contributed by atoms with Crippen LogP contribution in [0.15, 0.2) is 36.5 Å². The van der Waals surface area contributed by atoms with Crippen molar-refractivity contribution in [1.29, 1.82) is 0 Å². The van der Waals surface area contributed by atoms with Crippen LogP contribution in [0.2, 0.25) is 0 Å². The van der Waals surface area contributed by atoms with Crippen molar-refractivity contribution in [3.63, 3.8) is 0 Å². The first kappa shape index (κ1) is 23.6. The normalized spacial score (nSPS) is 13.7. The molecule has 0 spiro atoms. The van der Waals surface area contributed by atoms with Crippen LogP contribution in [0.3, 0.4) is 0 Å². The van der Waals surface area contributed by atoms with Gasteiger partial charge in [0, 0.05) is 23.2 Å². The summed E-state index contributed by atoms with van der Waals surface area (Å²) < 4.78 is 44.5. The molecule has 2 aromatic carbocycles. The maximum atomic E-state index is 12.5. The second-order valence-electron chi connectivity index (χ2n) is 8.55. The van der Waals surface area contributed by atoms with E-state index in [-0.39, 0.29) is 11.3 Å². The number of carbonyl (C=O) groups is 1. The van der Waals surface area contributed by atoms with Crippen LogP contribution in [-0.2, 0) is 6.54 Å². The van der Waals surface area contributed by atoms with E-state index < -0.39 is 18.6 Å². The number of anilines is 2. The second kappa shape index (κ2) is 9.17. The minimum Gasteiger partial charge on any atom is -0.496 e. The van der Waals surface area contributed by atoms with E-state index >= 15 is 0 Å². The van der Waals surface area contributed by atoms with Gasteiger partial charge in [-0.2, -0.15) is 23.3 Å². The zero-order chi connectivity index (χ0) is 25.4. The predicted octanol–water partition coefficient (Wildman–Crippen LogP) is 4.76. The van der Waals surface area contributed by atoms with E-state index in [1.54, 1.807) is 10.7 Å². The van der Waals surface area contributed by atoms with Gasteiger partial charge in [-0.05, 0) is 55.5 Å². The van der Waals surface area contributed by atoms with E-state index in [2.05, 4.69) is 25.6 Å². The monoisotopic (exact) mass is 499 g/mol. The zero-order valence-corrected chi connectivity index (χ0v) is 19.6. The van der Waals surface area contributed by atoms with Crippen molar-refractivity contribution in [2.75, 3.05) is 19.0 Å². The second-order valence-corrected chi connectivity index (χ2v) is 8.55. The Morgan fingerprint density at radius 2 is 2.06 bits per heavy atom. The summed E-state index contributed by atoms with van der Waals surface area (Å²) in [5.74, 6) is 0.635. The molecule has 0 atom stereocenters. The summed E-state index contributed by atoms with van der Waals surface area (Å²) in [6.45, 7) is 1.07. The van der Waals surface area contributed by atoms with Crippen LogP contribution in [0.1, 0.15) is 41.6 Å². The zero-order valence-electron chi connectivity index (χ0n) is 19.6. The van der Waals surface area contributed by atoms with Crippen LogP contribution in [0.4, 0.5) is 24.8 Å². The lowest BCUT2D eigenvalue weighted by molar-refractivity contribution is -0.123. The smallest absolute Gasteiger partial charge is 0.405 e. The first-order chi connectivity index (χ1) is 17.3. The van der Waals surface area contributed by atoms with E-state index in [1.165, 1.54) is 24.8 Å². The summed E-state index contributed by atoms with van der Waals surface area (Å²) >= 11 is 0. The van der Waals surface area contributed by atoms with Crippen molar-refractivity contribution >= 4 is 28.4 Å². The highest BCUT2D eigenvalue weighted by atomic mass is 19.4. The number of amides is 1. The van der Waals surface area contributed by atoms with E-state index in [0.29, 0.717) is 29.8 Å². The number of alkyl halides is 3. The number of H-pyrrole nitrogens is 1. The molecule has 0 bridgehead atoms. The van der Waals surface area contributed by atoms with Gasteiger partial charge < -0.3 is 15.4 Å². The highest BCUT2D eigenvalue weighted by molar-refractivity contribution is 5.97. The van der Waals surface area contributed by atoms with E-state index in [4.69, 9.17) is 4.74 Å². The number of aromatic amines is 1. The van der Waals surface area contributed by atoms with Crippen molar-refractivity contribution in [3.8, 4) is 17.1 Å². The van der Waals surface area contributed by atoms with Gasteiger partial charge in [-0.25, -0.2) is 4.68 Å². The molecule has 9 nitrogen and oxygen atoms in total. The topological polar surface area (TPSA) is 110 Å². The highest BCUT2D eigenvalue weighted by Crippen LogP contribution is 2.47. The van der Waals surface area contributed by atoms with Gasteiger partial charge in [-0.1, -0.05) is 6.07 Å². The number of hydrogen-bond acceptors (Lipinski definition) is 6. The Balaban J connectivity index is 1.44. The Labute approximate surface area is 204 Å². The van der Waals surface area contributed by atoms with Gasteiger partial charge >= 0.3 is 6.18 Å². The molecule has 0 radical (unpaired) electrons. The third kappa shape index (κ3) is 4.70. The lowest BCUT2D eigenvalue weighted by Gasteiger charge is -2.12. The van der Waals surface area contributed by atoms with Crippen LogP contribution in [-0.4, -0.2) is 50.7 Å². The van der Waals surface area contributed by atoms with Gasteiger partial charge in [0.15, 0.2) is 5.82 Å². The highest BCUT2D eigenvalue weighted by Gasteiger charge is 2.30. The number of nitrogens with zero attached hydrogens (tertiary/aromatic N) is 4. The molecular weight excluding hydrogens is 475 g/mol. The number of benzene rings is 2. The summed E-state index contributed by atoms with van der Waals surface area (Å²) in [6, 6.07) is 8.49. The molecule has 2 heterocycles. The van der Waals surface area contributed by atoms with Crippen molar-refractivity contribution < 1.29 is 22.7 Å². The number of carbonyl (C=O) groups excluding carboxylic acids is 1. The average molecular weight is 499 g/mol. The SMILES string of the molecule is CCn1nc(-c2ccc(C(=O)NCC(F)(F)F)c(OC)c2)nc1Nc1ccc2[nH]ncc2c1C1CC1. The van der Waals surface area contributed by atoms with Gasteiger partial charge in [-0.3, -0.25) is 9.89 Å². The number of aromatic nitrogens is 5. The van der Waals surface area contributed by atoms with Crippen LogP contribution in [0, 0.1) is 0 Å². The standard InChI is InChI=1S/C24H24F3N7O2/c1-3-34-23(30-18-9-8-17-16(11-29-32-17)20(18)13-4-5-13)31-21(33-34)14-6-7-15(19(10-14)36-2)22(35)28-12-24(25,26)27/h6-11,13H,3-5,12H2,1-2H3,(H,28,35)(H,29,32)(H,30,31,33). The number of aryl methyl sites for hydroxylation is 1. The third-order valence-corrected chi connectivity index (χ3v) is 6.02. The van der Waals surface area contributed by atoms with Crippen LogP contribution < -0.4 is 15.4 Å². The number of methoxy groups -OCH3 is 1. The van der Waals surface area contributed by atoms with E-state index in [9.17, 15) is 18.0 Å². The fourth-order valence-corrected chi connectivity index (χ4v) is 4.15. The molecule has 3 N–H and O–H groups in total. The number of ether oxygens (including phenoxy) is 1. The molecular formula is C24H24F3N7O2. The van der Waals surface area contributed by atoms with Crippen LogP contribution in [0.25, 0.3) is 22.3 Å². The predicted molar refractivity (Wildman–Crippen MR) is 127 cm³/mol. The lowest BCUT2D eigenvalue weighted by Crippen LogP contribution is -2.33. The Hall–Kier alpha value is -4.09. The number of rotatable bonds is 8. The van der Waals surface area contributed by atoms with Crippen molar-refractivity contribution in [2.24, 2.45) is 0 Å². The Morgan fingerprint density at radius 1 is 1.25 bits per heavy atom. The Bertz CT molecular complexity index is 1420. The summed E-state index contributed by atoms with van der Waals surface area (Å²) in [5, 5.41) is 18.1. The van der Waals surface area contributed by atoms with Gasteiger partial charge in [0.2, 0.25) is 5.95 Å². The van der Waals surface area contributed by atoms with E-state index in [1.807, 2.05) is 30.6 Å². The van der Waals surface area contributed by atoms with Gasteiger partial charge in [0.05, 0.1) is 24.4 Å². The van der Waals surface area contributed by atoms with Crippen LogP contribution in [0.5, 0.6) is 5.75 Å². The molecule has 1 aliphatic carbocycles. The summed E-state index contributed by atoms with van der Waals surface area (Å²) in [4.78, 5) is 16.9. The Kier molecular flexibility index (Phi) is 6.02. The molecule has 1 saturated carbocycles. The van der Waals surface area contributed by atoms with Gasteiger partial charge in [0.1, 0.15) is 12.3 Å². The maximum Gasteiger partial charge on any atom is 0.405 e. The molecule has 5 rings (SSSR count). The third-order valence-electron chi connectivity index (χ3n) is 6.02. The summed E-state index contributed by atoms with van der Waals surface area (Å²) in [5.41, 5.74) is 3.66. The lowest BCUT2D eigenvalue weighted by atomic mass is 10.0. The van der Waals surface area contributed by atoms with Gasteiger partial charge in [0.25, 0.3) is 5.91 Å². The first-order valence-electron chi connectivity index (χ1n) is 11.5. The molecule has 2 aromatic heterocycles. The van der Waals surface area contributed by atoms with Crippen molar-refractivity contribution in [3.05, 3.63) is 47.7 Å². The molecule has 12 heteroatoms. The Morgan fingerprint density at radius 3 is 2.75 bits per heavy atom. The number of halogens is 3. The molecule has 4 aromatic rings. The summed E-state index contributed by atoms with van der Waals surface area (Å²) in [6.07, 6.45) is -0.436. The molecule has 188 valence electrons. The average Bonchev–Trinajstić information content (AvgIpc) is 3.43. The molecule has 1 amide bonds. The number of hydrogen-bond donors (Lipinski definition) is 3. The largest absolute Gasteiger partial charge is 0.496 e. The molecule has 36 heavy (non-hydrogen) atoms. The first-order valence-corrected chi connectivity index (χ1v) is 11.5. The van der Waals surface area contributed by atoms with Crippen LogP contribution >= 0.6 is 0 Å². The molecule has 1 fully saturated rings. The van der Waals surface area contributed by atoms with Crippen molar-refractivity contribution in [1.82, 2.24) is 30.3 Å². The number of nitrogens with one attached hydrogen (secondary N) is 3. The molecule has 0 saturated heterocycles. The minimum absolute atomic E-state index is 0.0127. The van der Waals surface area contributed by atoms with Crippen molar-refractivity contribution in [2.45, 2.75) is 38.4 Å². The molecule has 0 aliphatic heterocycles. The summed E-state index contributed by atoms with van der Waals surface area (Å²) in [7, 11) is 1.34. The fraction of sp³-hybridized carbons (Fsp3) is 0.333. The quantitative estimate of drug-likeness (QED) is 0.322. The molecule has 1 aliphatic rings. The van der Waals surface area contributed by atoms with Gasteiger partial charge in [-0.15, -0.1) is 5.10 Å². The fourth-order valence-electron chi connectivity index (χ4n) is 4.15. The minimum atomic E-state index is -4.51. The van der Waals surface area contributed by atoms with E-state index in [0.717, 1.165) is 29.4 Å². The maximum absolute atomic E-state index is 12.5.